The maximum absolute atomic E-state index is 13.2. The summed E-state index contributed by atoms with van der Waals surface area (Å²) in [6, 6.07) is 12.7. The van der Waals surface area contributed by atoms with Crippen molar-refractivity contribution in [2.24, 2.45) is 0 Å². The van der Waals surface area contributed by atoms with E-state index in [1.165, 1.54) is 42.3 Å². The highest BCUT2D eigenvalue weighted by Gasteiger charge is 2.39. The Morgan fingerprint density at radius 1 is 1.07 bits per heavy atom. The normalized spacial score (nSPS) is 13.9. The zero-order valence-corrected chi connectivity index (χ0v) is 16.4. The Morgan fingerprint density at radius 2 is 1.87 bits per heavy atom. The molecule has 0 N–H and O–H groups in total. The van der Waals surface area contributed by atoms with Crippen LogP contribution >= 0.6 is 11.8 Å². The first-order valence-electron chi connectivity index (χ1n) is 8.94. The lowest BCUT2D eigenvalue weighted by Crippen LogP contribution is -2.31. The minimum Gasteiger partial charge on any atom is -0.468 e. The second-order valence-corrected chi connectivity index (χ2v) is 7.42. The molecule has 3 heterocycles. The summed E-state index contributed by atoms with van der Waals surface area (Å²) in [4.78, 5) is 42.2. The first-order chi connectivity index (χ1) is 14.5. The summed E-state index contributed by atoms with van der Waals surface area (Å²) >= 11 is 1.21. The van der Waals surface area contributed by atoms with Gasteiger partial charge in [0.05, 0.1) is 34.0 Å². The molecule has 0 aliphatic carbocycles. The van der Waals surface area contributed by atoms with Crippen molar-refractivity contribution in [3.63, 3.8) is 0 Å². The van der Waals surface area contributed by atoms with Gasteiger partial charge in [-0.3, -0.25) is 29.6 Å². The van der Waals surface area contributed by atoms with E-state index in [9.17, 15) is 19.7 Å². The van der Waals surface area contributed by atoms with Crippen molar-refractivity contribution in [3.8, 4) is 0 Å². The van der Waals surface area contributed by atoms with Crippen LogP contribution in [0.15, 0.2) is 76.5 Å². The first-order valence-corrected chi connectivity index (χ1v) is 9.92. The molecule has 0 saturated heterocycles. The SMILES string of the molecule is O=C1C(SCc2ccco2)=C(c2ccc([N+](=O)[O-])cc2)C(=O)N1Cc1cccnc1. The second kappa shape index (κ2) is 8.34. The molecular formula is C21H15N3O5S. The van der Waals surface area contributed by atoms with E-state index >= 15 is 0 Å². The van der Waals surface area contributed by atoms with E-state index in [1.54, 1.807) is 36.7 Å². The number of thioether (sulfide) groups is 1. The third-order valence-electron chi connectivity index (χ3n) is 4.49. The van der Waals surface area contributed by atoms with E-state index in [0.29, 0.717) is 17.1 Å². The van der Waals surface area contributed by atoms with Crippen LogP contribution < -0.4 is 0 Å². The Labute approximate surface area is 175 Å². The molecule has 0 radical (unpaired) electrons. The van der Waals surface area contributed by atoms with E-state index in [0.717, 1.165) is 10.5 Å². The van der Waals surface area contributed by atoms with Crippen molar-refractivity contribution in [2.45, 2.75) is 12.3 Å². The van der Waals surface area contributed by atoms with Crippen LogP contribution in [0.25, 0.3) is 5.57 Å². The Morgan fingerprint density at radius 3 is 2.50 bits per heavy atom. The lowest BCUT2D eigenvalue weighted by atomic mass is 10.1. The van der Waals surface area contributed by atoms with Crippen LogP contribution in [0, 0.1) is 10.1 Å². The lowest BCUT2D eigenvalue weighted by molar-refractivity contribution is -0.384. The fourth-order valence-electron chi connectivity index (χ4n) is 3.05. The topological polar surface area (TPSA) is 107 Å². The maximum Gasteiger partial charge on any atom is 0.269 e. The maximum atomic E-state index is 13.2. The number of nitrogens with zero attached hydrogens (tertiary/aromatic N) is 3. The minimum absolute atomic E-state index is 0.0897. The van der Waals surface area contributed by atoms with Gasteiger partial charge >= 0.3 is 0 Å². The molecule has 0 fully saturated rings. The number of aromatic nitrogens is 1. The fourth-order valence-corrected chi connectivity index (χ4v) is 4.08. The highest BCUT2D eigenvalue weighted by atomic mass is 32.2. The van der Waals surface area contributed by atoms with Gasteiger partial charge in [0.15, 0.2) is 0 Å². The molecule has 0 saturated carbocycles. The average Bonchev–Trinajstić information content (AvgIpc) is 3.35. The predicted molar refractivity (Wildman–Crippen MR) is 110 cm³/mol. The zero-order chi connectivity index (χ0) is 21.1. The molecule has 0 atom stereocenters. The van der Waals surface area contributed by atoms with Crippen molar-refractivity contribution in [1.29, 1.82) is 0 Å². The monoisotopic (exact) mass is 421 g/mol. The summed E-state index contributed by atoms with van der Waals surface area (Å²) < 4.78 is 5.32. The minimum atomic E-state index is -0.513. The van der Waals surface area contributed by atoms with E-state index in [-0.39, 0.29) is 22.7 Å². The van der Waals surface area contributed by atoms with Gasteiger partial charge < -0.3 is 4.42 Å². The largest absolute Gasteiger partial charge is 0.468 e. The number of imide groups is 1. The fraction of sp³-hybridized carbons (Fsp3) is 0.0952. The number of nitro benzene ring substituents is 1. The molecular weight excluding hydrogens is 406 g/mol. The van der Waals surface area contributed by atoms with Gasteiger partial charge in [-0.05, 0) is 41.5 Å². The van der Waals surface area contributed by atoms with Crippen molar-refractivity contribution in [3.05, 3.63) is 99.1 Å². The Balaban J connectivity index is 1.68. The molecule has 30 heavy (non-hydrogen) atoms. The summed E-state index contributed by atoms with van der Waals surface area (Å²) in [6.07, 6.45) is 4.75. The van der Waals surface area contributed by atoms with Gasteiger partial charge in [0.1, 0.15) is 5.76 Å². The number of amides is 2. The van der Waals surface area contributed by atoms with Crippen molar-refractivity contribution < 1.29 is 18.9 Å². The predicted octanol–water partition coefficient (Wildman–Crippen LogP) is 3.80. The standard InChI is InChI=1S/C21H15N3O5S/c25-20-18(15-5-7-16(8-6-15)24(27)28)19(30-13-17-4-2-10-29-17)21(26)23(20)12-14-3-1-9-22-11-14/h1-11H,12-13H2. The summed E-state index contributed by atoms with van der Waals surface area (Å²) in [5.74, 6) is 0.188. The van der Waals surface area contributed by atoms with E-state index in [1.807, 2.05) is 0 Å². The van der Waals surface area contributed by atoms with Crippen LogP contribution in [0.4, 0.5) is 5.69 Å². The van der Waals surface area contributed by atoms with Crippen molar-refractivity contribution in [1.82, 2.24) is 9.88 Å². The molecule has 4 rings (SSSR count). The molecule has 9 heteroatoms. The number of benzene rings is 1. The van der Waals surface area contributed by atoms with Gasteiger partial charge in [0, 0.05) is 24.5 Å². The molecule has 3 aromatic rings. The van der Waals surface area contributed by atoms with Gasteiger partial charge in [-0.15, -0.1) is 11.8 Å². The van der Waals surface area contributed by atoms with Crippen LogP contribution in [0.5, 0.6) is 0 Å². The average molecular weight is 421 g/mol. The van der Waals surface area contributed by atoms with Crippen LogP contribution in [-0.2, 0) is 21.9 Å². The third-order valence-corrected chi connectivity index (χ3v) is 5.59. The summed E-state index contributed by atoms with van der Waals surface area (Å²) in [7, 11) is 0. The van der Waals surface area contributed by atoms with Gasteiger partial charge in [0.25, 0.3) is 17.5 Å². The molecule has 2 aromatic heterocycles. The molecule has 0 spiro atoms. The molecule has 0 unspecified atom stereocenters. The van der Waals surface area contributed by atoms with Crippen LogP contribution in [0.3, 0.4) is 0 Å². The zero-order valence-electron chi connectivity index (χ0n) is 15.6. The highest BCUT2D eigenvalue weighted by Crippen LogP contribution is 2.38. The van der Waals surface area contributed by atoms with E-state index < -0.39 is 16.7 Å². The molecule has 150 valence electrons. The first kappa shape index (κ1) is 19.6. The number of hydrogen-bond donors (Lipinski definition) is 0. The molecule has 0 bridgehead atoms. The van der Waals surface area contributed by atoms with Crippen molar-refractivity contribution >= 4 is 34.8 Å². The lowest BCUT2D eigenvalue weighted by Gasteiger charge is -2.14. The highest BCUT2D eigenvalue weighted by molar-refractivity contribution is 8.03. The Bertz CT molecular complexity index is 1130. The second-order valence-electron chi connectivity index (χ2n) is 6.43. The van der Waals surface area contributed by atoms with Gasteiger partial charge in [-0.2, -0.15) is 0 Å². The number of furan rings is 1. The molecule has 8 nitrogen and oxygen atoms in total. The number of nitro groups is 1. The summed E-state index contributed by atoms with van der Waals surface area (Å²) in [5, 5.41) is 10.9. The number of rotatable bonds is 7. The van der Waals surface area contributed by atoms with Crippen LogP contribution in [0.2, 0.25) is 0 Å². The molecule has 2 amide bonds. The van der Waals surface area contributed by atoms with E-state index in [4.69, 9.17) is 4.42 Å². The molecule has 1 aromatic carbocycles. The third kappa shape index (κ3) is 3.87. The number of carbonyl (C=O) groups is 2. The summed E-state index contributed by atoms with van der Waals surface area (Å²) in [6.45, 7) is 0.0901. The smallest absolute Gasteiger partial charge is 0.269 e. The van der Waals surface area contributed by atoms with Gasteiger partial charge in [-0.1, -0.05) is 6.07 Å². The quantitative estimate of drug-likeness (QED) is 0.324. The number of pyridine rings is 1. The van der Waals surface area contributed by atoms with Crippen LogP contribution in [-0.4, -0.2) is 26.6 Å². The van der Waals surface area contributed by atoms with Gasteiger partial charge in [-0.25, -0.2) is 0 Å². The summed E-state index contributed by atoms with van der Waals surface area (Å²) in [5.41, 5.74) is 1.32. The molecule has 1 aliphatic rings. The van der Waals surface area contributed by atoms with Crippen molar-refractivity contribution in [2.75, 3.05) is 0 Å². The van der Waals surface area contributed by atoms with Crippen LogP contribution in [0.1, 0.15) is 16.9 Å². The Hall–Kier alpha value is -3.72. The Kier molecular flexibility index (Phi) is 5.44. The van der Waals surface area contributed by atoms with Gasteiger partial charge in [0.2, 0.25) is 0 Å². The number of carbonyl (C=O) groups excluding carboxylic acids is 2. The molecule has 1 aliphatic heterocycles. The number of hydrogen-bond acceptors (Lipinski definition) is 7. The van der Waals surface area contributed by atoms with E-state index in [2.05, 4.69) is 4.98 Å². The number of non-ortho nitro benzene ring substituents is 1.